The van der Waals surface area contributed by atoms with Crippen LogP contribution in [0, 0.1) is 10.1 Å². The van der Waals surface area contributed by atoms with E-state index in [1.165, 1.54) is 25.5 Å². The minimum atomic E-state index is -0.879. The van der Waals surface area contributed by atoms with Crippen LogP contribution < -0.4 is 25.0 Å². The van der Waals surface area contributed by atoms with Crippen molar-refractivity contribution in [2.24, 2.45) is 5.10 Å². The Hall–Kier alpha value is -4.15. The van der Waals surface area contributed by atoms with E-state index in [0.29, 0.717) is 17.1 Å². The van der Waals surface area contributed by atoms with Gasteiger partial charge in [0.25, 0.3) is 11.8 Å². The molecular formula is C19H18N4O7. The molecule has 0 bridgehead atoms. The molecule has 2 aromatic rings. The zero-order valence-electron chi connectivity index (χ0n) is 15.9. The van der Waals surface area contributed by atoms with Crippen molar-refractivity contribution >= 4 is 23.7 Å². The van der Waals surface area contributed by atoms with E-state index in [0.717, 1.165) is 0 Å². The molecule has 11 nitrogen and oxygen atoms in total. The summed E-state index contributed by atoms with van der Waals surface area (Å²) in [5.41, 5.74) is 2.39. The van der Waals surface area contributed by atoms with Gasteiger partial charge in [-0.05, 0) is 24.3 Å². The Balaban J connectivity index is 1.48. The maximum Gasteiger partial charge on any atom is 0.311 e. The number of nitro benzene ring substituents is 1. The van der Waals surface area contributed by atoms with Crippen molar-refractivity contribution in [1.29, 1.82) is 0 Å². The third-order valence-corrected chi connectivity index (χ3v) is 4.03. The molecule has 0 saturated carbocycles. The molecule has 0 aromatic heterocycles. The van der Waals surface area contributed by atoms with Crippen molar-refractivity contribution in [3.8, 4) is 17.2 Å². The fourth-order valence-electron chi connectivity index (χ4n) is 2.58. The SMILES string of the molecule is COc1ccc(/C=N\NC(=O)CNC(=O)C2COc3ccccc3O2)cc1[N+](=O)[O-]. The Morgan fingerprint density at radius 2 is 2.07 bits per heavy atom. The smallest absolute Gasteiger partial charge is 0.311 e. The summed E-state index contributed by atoms with van der Waals surface area (Å²) in [5.74, 6) is 0.0218. The summed E-state index contributed by atoms with van der Waals surface area (Å²) in [6.45, 7) is -0.306. The van der Waals surface area contributed by atoms with Crippen LogP contribution >= 0.6 is 0 Å². The number of benzene rings is 2. The van der Waals surface area contributed by atoms with Gasteiger partial charge < -0.3 is 19.5 Å². The number of methoxy groups -OCH3 is 1. The average molecular weight is 414 g/mol. The van der Waals surface area contributed by atoms with Crippen LogP contribution in [0.25, 0.3) is 0 Å². The molecule has 1 heterocycles. The highest BCUT2D eigenvalue weighted by Crippen LogP contribution is 2.30. The maximum atomic E-state index is 12.2. The van der Waals surface area contributed by atoms with Gasteiger partial charge in [-0.2, -0.15) is 5.10 Å². The zero-order chi connectivity index (χ0) is 21.5. The van der Waals surface area contributed by atoms with Crippen LogP contribution in [0.5, 0.6) is 17.2 Å². The second kappa shape index (κ2) is 9.37. The number of hydrogen-bond acceptors (Lipinski definition) is 8. The summed E-state index contributed by atoms with van der Waals surface area (Å²) in [7, 11) is 1.33. The second-order valence-electron chi connectivity index (χ2n) is 6.06. The number of hydrogen-bond donors (Lipinski definition) is 2. The highest BCUT2D eigenvalue weighted by molar-refractivity contribution is 5.88. The van der Waals surface area contributed by atoms with Crippen molar-refractivity contribution in [2.45, 2.75) is 6.10 Å². The minimum Gasteiger partial charge on any atom is -0.490 e. The second-order valence-corrected chi connectivity index (χ2v) is 6.06. The first kappa shape index (κ1) is 20.6. The van der Waals surface area contributed by atoms with Crippen molar-refractivity contribution in [1.82, 2.24) is 10.7 Å². The highest BCUT2D eigenvalue weighted by Gasteiger charge is 2.27. The Morgan fingerprint density at radius 1 is 1.30 bits per heavy atom. The summed E-state index contributed by atoms with van der Waals surface area (Å²) in [6.07, 6.45) is 0.359. The number of hydrazone groups is 1. The molecule has 2 aromatic carbocycles. The van der Waals surface area contributed by atoms with Crippen LogP contribution in [0.3, 0.4) is 0 Å². The standard InChI is InChI=1S/C19H18N4O7/c1-28-14-7-6-12(8-13(14)23(26)27)9-21-22-18(24)10-20-19(25)17-11-29-15-4-2-3-5-16(15)30-17/h2-9,17H,10-11H2,1H3,(H,20,25)(H,22,24)/b21-9-. The number of rotatable bonds is 7. The molecule has 0 fully saturated rings. The van der Waals surface area contributed by atoms with Gasteiger partial charge in [0.1, 0.15) is 6.61 Å². The van der Waals surface area contributed by atoms with Crippen LogP contribution in [0.1, 0.15) is 5.56 Å². The monoisotopic (exact) mass is 414 g/mol. The molecule has 1 aliphatic heterocycles. The molecule has 1 atom stereocenters. The lowest BCUT2D eigenvalue weighted by Gasteiger charge is -2.25. The summed E-state index contributed by atoms with van der Waals surface area (Å²) >= 11 is 0. The van der Waals surface area contributed by atoms with Crippen molar-refractivity contribution in [3.05, 3.63) is 58.1 Å². The zero-order valence-corrected chi connectivity index (χ0v) is 15.9. The molecule has 1 unspecified atom stereocenters. The van der Waals surface area contributed by atoms with E-state index >= 15 is 0 Å². The van der Waals surface area contributed by atoms with E-state index in [1.54, 1.807) is 30.3 Å². The number of nitrogens with zero attached hydrogens (tertiary/aromatic N) is 2. The third kappa shape index (κ3) is 5.01. The molecule has 0 aliphatic carbocycles. The number of nitrogens with one attached hydrogen (secondary N) is 2. The first-order chi connectivity index (χ1) is 14.5. The molecule has 0 saturated heterocycles. The predicted molar refractivity (Wildman–Crippen MR) is 105 cm³/mol. The third-order valence-electron chi connectivity index (χ3n) is 4.03. The minimum absolute atomic E-state index is 0.0267. The van der Waals surface area contributed by atoms with Gasteiger partial charge in [0.05, 0.1) is 24.8 Å². The Kier molecular flexibility index (Phi) is 6.42. The van der Waals surface area contributed by atoms with Crippen LogP contribution in [-0.2, 0) is 9.59 Å². The quantitative estimate of drug-likeness (QED) is 0.391. The first-order valence-corrected chi connectivity index (χ1v) is 8.78. The molecule has 30 heavy (non-hydrogen) atoms. The normalized spacial score (nSPS) is 14.8. The van der Waals surface area contributed by atoms with E-state index in [2.05, 4.69) is 15.8 Å². The molecule has 11 heteroatoms. The summed E-state index contributed by atoms with van der Waals surface area (Å²) in [5, 5.41) is 17.2. The van der Waals surface area contributed by atoms with Gasteiger partial charge in [-0.1, -0.05) is 12.1 Å². The van der Waals surface area contributed by atoms with Gasteiger partial charge in [0, 0.05) is 11.6 Å². The molecule has 0 spiro atoms. The summed E-state index contributed by atoms with van der Waals surface area (Å²) in [6, 6.07) is 11.2. The van der Waals surface area contributed by atoms with Crippen molar-refractivity contribution < 1.29 is 28.7 Å². The van der Waals surface area contributed by atoms with E-state index in [4.69, 9.17) is 14.2 Å². The summed E-state index contributed by atoms with van der Waals surface area (Å²) < 4.78 is 15.9. The molecular weight excluding hydrogens is 396 g/mol. The summed E-state index contributed by atoms with van der Waals surface area (Å²) in [4.78, 5) is 34.4. The maximum absolute atomic E-state index is 12.2. The van der Waals surface area contributed by atoms with Crippen LogP contribution in [0.4, 0.5) is 5.69 Å². The molecule has 0 radical (unpaired) electrons. The Bertz CT molecular complexity index is 993. The number of fused-ring (bicyclic) bond motifs is 1. The van der Waals surface area contributed by atoms with Gasteiger partial charge in [0.15, 0.2) is 17.2 Å². The van der Waals surface area contributed by atoms with Crippen LogP contribution in [-0.4, -0.2) is 49.3 Å². The van der Waals surface area contributed by atoms with Gasteiger partial charge in [-0.25, -0.2) is 5.43 Å². The fraction of sp³-hybridized carbons (Fsp3) is 0.211. The van der Waals surface area contributed by atoms with Crippen LogP contribution in [0.2, 0.25) is 0 Å². The van der Waals surface area contributed by atoms with Gasteiger partial charge in [0.2, 0.25) is 6.10 Å². The van der Waals surface area contributed by atoms with Crippen LogP contribution in [0.15, 0.2) is 47.6 Å². The Labute approximate surface area is 170 Å². The van der Waals surface area contributed by atoms with E-state index < -0.39 is 22.8 Å². The molecule has 1 aliphatic rings. The predicted octanol–water partition coefficient (Wildman–Crippen LogP) is 1.01. The first-order valence-electron chi connectivity index (χ1n) is 8.78. The van der Waals surface area contributed by atoms with E-state index in [1.807, 2.05) is 0 Å². The molecule has 2 N–H and O–H groups in total. The number of carbonyl (C=O) groups is 2. The fourth-order valence-corrected chi connectivity index (χ4v) is 2.58. The lowest BCUT2D eigenvalue weighted by atomic mass is 10.2. The molecule has 3 rings (SSSR count). The van der Waals surface area contributed by atoms with E-state index in [-0.39, 0.29) is 24.6 Å². The number of carbonyl (C=O) groups excluding carboxylic acids is 2. The topological polar surface area (TPSA) is 141 Å². The number of para-hydroxylation sites is 2. The number of amides is 2. The largest absolute Gasteiger partial charge is 0.490 e. The lowest BCUT2D eigenvalue weighted by Crippen LogP contribution is -2.46. The average Bonchev–Trinajstić information content (AvgIpc) is 2.77. The van der Waals surface area contributed by atoms with Gasteiger partial charge in [-0.3, -0.25) is 19.7 Å². The molecule has 2 amide bonds. The number of nitro groups is 1. The van der Waals surface area contributed by atoms with Gasteiger partial charge >= 0.3 is 5.69 Å². The van der Waals surface area contributed by atoms with E-state index in [9.17, 15) is 19.7 Å². The lowest BCUT2D eigenvalue weighted by molar-refractivity contribution is -0.385. The van der Waals surface area contributed by atoms with Crippen molar-refractivity contribution in [3.63, 3.8) is 0 Å². The van der Waals surface area contributed by atoms with Gasteiger partial charge in [-0.15, -0.1) is 0 Å². The number of ether oxygens (including phenoxy) is 3. The highest BCUT2D eigenvalue weighted by atomic mass is 16.6. The molecule has 156 valence electrons. The Morgan fingerprint density at radius 3 is 2.80 bits per heavy atom. The van der Waals surface area contributed by atoms with Crippen molar-refractivity contribution in [2.75, 3.05) is 20.3 Å².